The van der Waals surface area contributed by atoms with Crippen molar-refractivity contribution in [3.05, 3.63) is 42.0 Å². The van der Waals surface area contributed by atoms with Gasteiger partial charge in [-0.05, 0) is 57.1 Å². The predicted molar refractivity (Wildman–Crippen MR) is 129 cm³/mol. The van der Waals surface area contributed by atoms with Crippen LogP contribution in [0.25, 0.3) is 0 Å². The second-order valence-electron chi connectivity index (χ2n) is 9.32. The third-order valence-electron chi connectivity index (χ3n) is 6.10. The predicted octanol–water partition coefficient (Wildman–Crippen LogP) is 8.43. The summed E-state index contributed by atoms with van der Waals surface area (Å²) in [6.07, 6.45) is 24.9. The summed E-state index contributed by atoms with van der Waals surface area (Å²) in [7, 11) is 0. The van der Waals surface area contributed by atoms with E-state index in [0.717, 1.165) is 18.8 Å². The zero-order valence-corrected chi connectivity index (χ0v) is 19.8. The number of benzene rings is 1. The zero-order chi connectivity index (χ0) is 21.3. The summed E-state index contributed by atoms with van der Waals surface area (Å²) in [5, 5.41) is 0. The van der Waals surface area contributed by atoms with Crippen molar-refractivity contribution in [2.24, 2.45) is 0 Å². The Kier molecular flexibility index (Phi) is 12.9. The van der Waals surface area contributed by atoms with E-state index >= 15 is 0 Å². The molecule has 0 spiro atoms. The lowest BCUT2D eigenvalue weighted by Gasteiger charge is -2.13. The topological polar surface area (TPSA) is 21.8 Å². The molecule has 2 rings (SSSR count). The Morgan fingerprint density at radius 3 is 2.03 bits per heavy atom. The van der Waals surface area contributed by atoms with E-state index in [-0.39, 0.29) is 5.60 Å². The van der Waals surface area contributed by atoms with Crippen molar-refractivity contribution in [2.75, 3.05) is 13.2 Å². The molecule has 1 saturated heterocycles. The number of unbranched alkanes of at least 4 members (excludes halogenated alkanes) is 12. The summed E-state index contributed by atoms with van der Waals surface area (Å²) in [4.78, 5) is 0. The summed E-state index contributed by atoms with van der Waals surface area (Å²) >= 11 is 0. The van der Waals surface area contributed by atoms with Gasteiger partial charge < -0.3 is 9.47 Å². The first-order valence-corrected chi connectivity index (χ1v) is 12.7. The van der Waals surface area contributed by atoms with Crippen molar-refractivity contribution < 1.29 is 9.47 Å². The maximum atomic E-state index is 6.01. The average molecular weight is 415 g/mol. The molecule has 1 aliphatic heterocycles. The van der Waals surface area contributed by atoms with E-state index in [0.29, 0.717) is 6.61 Å². The Hall–Kier alpha value is -1.28. The molecule has 2 heteroatoms. The lowest BCUT2D eigenvalue weighted by molar-refractivity contribution is 0.201. The molecule has 0 aliphatic carbocycles. The highest BCUT2D eigenvalue weighted by molar-refractivity contribution is 5.33. The van der Waals surface area contributed by atoms with E-state index in [1.54, 1.807) is 0 Å². The fourth-order valence-electron chi connectivity index (χ4n) is 3.85. The molecule has 30 heavy (non-hydrogen) atoms. The molecule has 1 aromatic carbocycles. The number of hydrogen-bond acceptors (Lipinski definition) is 2. The molecule has 1 aliphatic rings. The van der Waals surface area contributed by atoms with Crippen LogP contribution in [0.3, 0.4) is 0 Å². The van der Waals surface area contributed by atoms with Gasteiger partial charge in [0.15, 0.2) is 0 Å². The summed E-state index contributed by atoms with van der Waals surface area (Å²) in [5.74, 6) is 1.04. The molecule has 0 N–H and O–H groups in total. The van der Waals surface area contributed by atoms with Crippen LogP contribution in [-0.2, 0) is 11.2 Å². The van der Waals surface area contributed by atoms with Crippen molar-refractivity contribution in [2.45, 2.75) is 116 Å². The molecule has 0 saturated carbocycles. The van der Waals surface area contributed by atoms with Crippen LogP contribution in [0.4, 0.5) is 0 Å². The zero-order valence-electron chi connectivity index (χ0n) is 19.8. The van der Waals surface area contributed by atoms with E-state index in [4.69, 9.17) is 9.47 Å². The van der Waals surface area contributed by atoms with Crippen LogP contribution in [0.15, 0.2) is 36.4 Å². The fourth-order valence-corrected chi connectivity index (χ4v) is 3.85. The van der Waals surface area contributed by atoms with E-state index in [1.165, 1.54) is 95.5 Å². The highest BCUT2D eigenvalue weighted by Gasteiger charge is 2.40. The number of ether oxygens (including phenoxy) is 2. The van der Waals surface area contributed by atoms with Gasteiger partial charge in [0.25, 0.3) is 0 Å². The van der Waals surface area contributed by atoms with Gasteiger partial charge in [-0.3, -0.25) is 0 Å². The molecule has 2 nitrogen and oxygen atoms in total. The van der Waals surface area contributed by atoms with Crippen LogP contribution in [0, 0.1) is 0 Å². The number of para-hydroxylation sites is 1. The van der Waals surface area contributed by atoms with Crippen LogP contribution in [0.1, 0.15) is 109 Å². The minimum atomic E-state index is -0.0445. The van der Waals surface area contributed by atoms with Crippen molar-refractivity contribution in [3.8, 4) is 5.75 Å². The van der Waals surface area contributed by atoms with Crippen LogP contribution >= 0.6 is 0 Å². The molecule has 1 heterocycles. The molecule has 0 radical (unpaired) electrons. The SMILES string of the molecule is CCCCCCC/C=C/CCCCCCCCCc1ccccc1OCC1(C)CO1. The summed E-state index contributed by atoms with van der Waals surface area (Å²) in [6, 6.07) is 8.50. The van der Waals surface area contributed by atoms with Gasteiger partial charge in [0, 0.05) is 0 Å². The number of hydrogen-bond donors (Lipinski definition) is 0. The highest BCUT2D eigenvalue weighted by Crippen LogP contribution is 2.28. The van der Waals surface area contributed by atoms with Crippen LogP contribution < -0.4 is 4.74 Å². The average Bonchev–Trinajstić information content (AvgIpc) is 3.50. The molecular formula is C28H46O2. The Bertz CT molecular complexity index is 574. The first-order valence-electron chi connectivity index (χ1n) is 12.7. The second kappa shape index (κ2) is 15.5. The van der Waals surface area contributed by atoms with Crippen molar-refractivity contribution in [1.82, 2.24) is 0 Å². The van der Waals surface area contributed by atoms with Gasteiger partial charge in [0.05, 0.1) is 6.61 Å². The summed E-state index contributed by atoms with van der Waals surface area (Å²) < 4.78 is 11.4. The minimum Gasteiger partial charge on any atom is -0.490 e. The second-order valence-corrected chi connectivity index (χ2v) is 9.32. The molecule has 1 unspecified atom stereocenters. The molecule has 1 atom stereocenters. The van der Waals surface area contributed by atoms with Gasteiger partial charge >= 0.3 is 0 Å². The molecule has 1 fully saturated rings. The number of rotatable bonds is 19. The smallest absolute Gasteiger partial charge is 0.123 e. The molecule has 170 valence electrons. The lowest BCUT2D eigenvalue weighted by atomic mass is 10.0. The van der Waals surface area contributed by atoms with Gasteiger partial charge in [-0.2, -0.15) is 0 Å². The Balaban J connectivity index is 1.40. The largest absolute Gasteiger partial charge is 0.490 e. The maximum Gasteiger partial charge on any atom is 0.123 e. The Morgan fingerprint density at radius 2 is 1.40 bits per heavy atom. The van der Waals surface area contributed by atoms with E-state index in [2.05, 4.69) is 50.3 Å². The summed E-state index contributed by atoms with van der Waals surface area (Å²) in [5.41, 5.74) is 1.30. The normalized spacial score (nSPS) is 18.2. The molecule has 0 bridgehead atoms. The van der Waals surface area contributed by atoms with Gasteiger partial charge in [-0.1, -0.05) is 95.1 Å². The van der Waals surface area contributed by atoms with E-state index in [9.17, 15) is 0 Å². The Labute approximate surface area is 186 Å². The first-order chi connectivity index (χ1) is 14.7. The summed E-state index contributed by atoms with van der Waals surface area (Å²) in [6.45, 7) is 5.88. The number of epoxide rings is 1. The number of allylic oxidation sites excluding steroid dienone is 2. The van der Waals surface area contributed by atoms with E-state index < -0.39 is 0 Å². The van der Waals surface area contributed by atoms with Gasteiger partial charge in [0.2, 0.25) is 0 Å². The van der Waals surface area contributed by atoms with Crippen molar-refractivity contribution >= 4 is 0 Å². The monoisotopic (exact) mass is 414 g/mol. The standard InChI is InChI=1S/C28H46O2/c1-3-4-5-6-7-8-9-10-11-12-13-14-15-16-17-18-21-26-22-19-20-23-27(26)29-24-28(2)25-30-28/h9-10,19-20,22-23H,3-8,11-18,21,24-25H2,1-2H3/b10-9+. The quantitative estimate of drug-likeness (QED) is 0.129. The highest BCUT2D eigenvalue weighted by atomic mass is 16.6. The van der Waals surface area contributed by atoms with Crippen LogP contribution in [-0.4, -0.2) is 18.8 Å². The minimum absolute atomic E-state index is 0.0445. The molecular weight excluding hydrogens is 368 g/mol. The first kappa shape index (κ1) is 25.0. The third-order valence-corrected chi connectivity index (χ3v) is 6.10. The van der Waals surface area contributed by atoms with Crippen LogP contribution in [0.5, 0.6) is 5.75 Å². The van der Waals surface area contributed by atoms with Gasteiger partial charge in [-0.25, -0.2) is 0 Å². The van der Waals surface area contributed by atoms with E-state index in [1.807, 2.05) is 0 Å². The Morgan fingerprint density at radius 1 is 0.833 bits per heavy atom. The number of aryl methyl sites for hydroxylation is 1. The van der Waals surface area contributed by atoms with Crippen molar-refractivity contribution in [1.29, 1.82) is 0 Å². The van der Waals surface area contributed by atoms with Crippen LogP contribution in [0.2, 0.25) is 0 Å². The van der Waals surface area contributed by atoms with Crippen molar-refractivity contribution in [3.63, 3.8) is 0 Å². The fraction of sp³-hybridized carbons (Fsp3) is 0.714. The third kappa shape index (κ3) is 11.8. The molecule has 0 amide bonds. The van der Waals surface area contributed by atoms with Gasteiger partial charge in [0.1, 0.15) is 18.0 Å². The maximum absolute atomic E-state index is 6.01. The molecule has 1 aromatic rings. The molecule has 0 aromatic heterocycles. The van der Waals surface area contributed by atoms with Gasteiger partial charge in [-0.15, -0.1) is 0 Å². The lowest BCUT2D eigenvalue weighted by Crippen LogP contribution is -2.17.